The van der Waals surface area contributed by atoms with Crippen LogP contribution in [0.3, 0.4) is 0 Å². The summed E-state index contributed by atoms with van der Waals surface area (Å²) >= 11 is 0. The number of amides is 1. The topological polar surface area (TPSA) is 79.9 Å². The molecule has 0 saturated carbocycles. The van der Waals surface area contributed by atoms with Crippen LogP contribution in [0.1, 0.15) is 17.9 Å². The number of carbonyl (C=O) groups is 1. The number of nitrogens with one attached hydrogen (secondary N) is 2. The number of hydrogen-bond acceptors (Lipinski definition) is 4. The molecule has 0 unspecified atom stereocenters. The lowest BCUT2D eigenvalue weighted by Crippen LogP contribution is -2.15. The zero-order valence-corrected chi connectivity index (χ0v) is 11.2. The normalized spacial score (nSPS) is 11.7. The van der Waals surface area contributed by atoms with Crippen LogP contribution >= 0.6 is 0 Å². The molecule has 0 fully saturated rings. The van der Waals surface area contributed by atoms with Crippen LogP contribution in [0.15, 0.2) is 43.0 Å². The summed E-state index contributed by atoms with van der Waals surface area (Å²) < 4.78 is 4.83. The van der Waals surface area contributed by atoms with E-state index >= 15 is 0 Å². The predicted octanol–water partition coefficient (Wildman–Crippen LogP) is 2.11. The minimum atomic E-state index is -0.169. The smallest absolute Gasteiger partial charge is 0.336 e. The second kappa shape index (κ2) is 6.51. The molecule has 2 rings (SSSR count). The number of hydrogen-bond donors (Lipinski definition) is 2. The average molecular weight is 272 g/mol. The third-order valence-electron chi connectivity index (χ3n) is 2.82. The van der Waals surface area contributed by atoms with E-state index in [1.54, 1.807) is 6.08 Å². The molecule has 0 aliphatic carbocycles. The van der Waals surface area contributed by atoms with E-state index in [4.69, 9.17) is 4.74 Å². The average Bonchev–Trinajstić information content (AvgIpc) is 2.93. The molecule has 1 heterocycles. The molecule has 20 heavy (non-hydrogen) atoms. The number of methoxy groups -OCH3 is 1. The molecule has 6 heteroatoms. The maximum Gasteiger partial charge on any atom is 0.336 e. The molecule has 2 N–H and O–H groups in total. The second-order valence-electron chi connectivity index (χ2n) is 4.18. The standard InChI is InChI=1S/C14H16N4O2/c1-3-10(11-7-5-4-6-8-11)9-12(19)15-13-16-14(20-2)18-17-13/h3-8,10H,1,9H2,2H3,(H2,15,16,17,18,19)/t10-/m1/s1. The fourth-order valence-electron chi connectivity index (χ4n) is 1.81. The van der Waals surface area contributed by atoms with Gasteiger partial charge in [0.1, 0.15) is 0 Å². The number of benzene rings is 1. The van der Waals surface area contributed by atoms with Gasteiger partial charge in [-0.2, -0.15) is 4.98 Å². The first-order chi connectivity index (χ1) is 9.72. The Hall–Kier alpha value is -2.63. The molecule has 1 amide bonds. The molecule has 0 aliphatic rings. The zero-order chi connectivity index (χ0) is 14.4. The Morgan fingerprint density at radius 1 is 1.50 bits per heavy atom. The van der Waals surface area contributed by atoms with Crippen molar-refractivity contribution >= 4 is 11.9 Å². The minimum Gasteiger partial charge on any atom is -0.466 e. The molecule has 0 bridgehead atoms. The first-order valence-electron chi connectivity index (χ1n) is 6.16. The number of nitrogens with zero attached hydrogens (tertiary/aromatic N) is 2. The monoisotopic (exact) mass is 272 g/mol. The number of anilines is 1. The molecule has 0 radical (unpaired) electrons. The Kier molecular flexibility index (Phi) is 4.49. The molecule has 0 aliphatic heterocycles. The molecule has 1 aromatic heterocycles. The fraction of sp³-hybridized carbons (Fsp3) is 0.214. The van der Waals surface area contributed by atoms with Crippen molar-refractivity contribution in [2.75, 3.05) is 12.4 Å². The summed E-state index contributed by atoms with van der Waals surface area (Å²) in [5.41, 5.74) is 1.05. The molecule has 0 saturated heterocycles. The van der Waals surface area contributed by atoms with E-state index in [1.807, 2.05) is 30.3 Å². The summed E-state index contributed by atoms with van der Waals surface area (Å²) in [6.45, 7) is 3.78. The Balaban J connectivity index is 1.97. The summed E-state index contributed by atoms with van der Waals surface area (Å²) in [7, 11) is 1.46. The van der Waals surface area contributed by atoms with Crippen LogP contribution in [0.2, 0.25) is 0 Å². The van der Waals surface area contributed by atoms with Crippen LogP contribution < -0.4 is 10.1 Å². The van der Waals surface area contributed by atoms with E-state index in [1.165, 1.54) is 7.11 Å². The van der Waals surface area contributed by atoms with E-state index in [0.717, 1.165) is 5.56 Å². The number of rotatable bonds is 6. The van der Waals surface area contributed by atoms with Gasteiger partial charge in [0.05, 0.1) is 7.11 Å². The number of aromatic amines is 1. The number of allylic oxidation sites excluding steroid dienone is 1. The summed E-state index contributed by atoms with van der Waals surface area (Å²) in [5, 5.41) is 8.96. The van der Waals surface area contributed by atoms with Crippen molar-refractivity contribution in [2.24, 2.45) is 0 Å². The van der Waals surface area contributed by atoms with E-state index in [9.17, 15) is 4.79 Å². The lowest BCUT2D eigenvalue weighted by Gasteiger charge is -2.11. The fourth-order valence-corrected chi connectivity index (χ4v) is 1.81. The quantitative estimate of drug-likeness (QED) is 0.789. The highest BCUT2D eigenvalue weighted by molar-refractivity contribution is 5.89. The van der Waals surface area contributed by atoms with E-state index in [0.29, 0.717) is 0 Å². The highest BCUT2D eigenvalue weighted by Gasteiger charge is 2.14. The van der Waals surface area contributed by atoms with E-state index < -0.39 is 0 Å². The number of ether oxygens (including phenoxy) is 1. The van der Waals surface area contributed by atoms with Crippen molar-refractivity contribution in [1.82, 2.24) is 15.2 Å². The van der Waals surface area contributed by atoms with Gasteiger partial charge in [0.15, 0.2) is 0 Å². The van der Waals surface area contributed by atoms with Gasteiger partial charge in [-0.15, -0.1) is 11.7 Å². The molecular formula is C14H16N4O2. The van der Waals surface area contributed by atoms with E-state index in [2.05, 4.69) is 27.1 Å². The van der Waals surface area contributed by atoms with Crippen molar-refractivity contribution in [3.8, 4) is 6.01 Å². The van der Waals surface area contributed by atoms with Crippen molar-refractivity contribution in [3.05, 3.63) is 48.6 Å². The van der Waals surface area contributed by atoms with Crippen LogP contribution in [-0.4, -0.2) is 28.2 Å². The first-order valence-corrected chi connectivity index (χ1v) is 6.16. The summed E-state index contributed by atoms with van der Waals surface area (Å²) in [5.74, 6) is 0.0568. The molecule has 1 atom stereocenters. The largest absolute Gasteiger partial charge is 0.466 e. The zero-order valence-electron chi connectivity index (χ0n) is 11.2. The Morgan fingerprint density at radius 2 is 2.25 bits per heavy atom. The molecule has 1 aromatic carbocycles. The third kappa shape index (κ3) is 3.44. The van der Waals surface area contributed by atoms with Crippen molar-refractivity contribution < 1.29 is 9.53 Å². The van der Waals surface area contributed by atoms with Gasteiger partial charge in [0, 0.05) is 12.3 Å². The van der Waals surface area contributed by atoms with Gasteiger partial charge in [-0.1, -0.05) is 36.4 Å². The highest BCUT2D eigenvalue weighted by atomic mass is 16.5. The molecule has 104 valence electrons. The Labute approximate surface area is 116 Å². The maximum absolute atomic E-state index is 12.0. The van der Waals surface area contributed by atoms with Gasteiger partial charge < -0.3 is 4.74 Å². The Bertz CT molecular complexity index is 580. The van der Waals surface area contributed by atoms with Crippen molar-refractivity contribution in [2.45, 2.75) is 12.3 Å². The molecule has 2 aromatic rings. The lowest BCUT2D eigenvalue weighted by atomic mass is 9.96. The molecular weight excluding hydrogens is 256 g/mol. The number of aromatic nitrogens is 3. The van der Waals surface area contributed by atoms with Gasteiger partial charge in [-0.25, -0.2) is 5.10 Å². The van der Waals surface area contributed by atoms with Gasteiger partial charge in [-0.3, -0.25) is 10.1 Å². The molecule has 0 spiro atoms. The van der Waals surface area contributed by atoms with Crippen LogP contribution in [0.4, 0.5) is 5.95 Å². The van der Waals surface area contributed by atoms with Gasteiger partial charge in [0.25, 0.3) is 0 Å². The van der Waals surface area contributed by atoms with Crippen LogP contribution in [-0.2, 0) is 4.79 Å². The SMILES string of the molecule is C=C[C@H](CC(=O)Nc1nc(OC)n[nH]1)c1ccccc1. The minimum absolute atomic E-state index is 0.0407. The van der Waals surface area contributed by atoms with Crippen LogP contribution in [0, 0.1) is 0 Å². The number of carbonyl (C=O) groups excluding carboxylic acids is 1. The summed E-state index contributed by atoms with van der Waals surface area (Å²) in [6, 6.07) is 9.93. The van der Waals surface area contributed by atoms with Gasteiger partial charge in [0.2, 0.25) is 11.9 Å². The second-order valence-corrected chi connectivity index (χ2v) is 4.18. The maximum atomic E-state index is 12.0. The van der Waals surface area contributed by atoms with E-state index in [-0.39, 0.29) is 30.2 Å². The Morgan fingerprint density at radius 3 is 2.85 bits per heavy atom. The van der Waals surface area contributed by atoms with Gasteiger partial charge >= 0.3 is 6.01 Å². The predicted molar refractivity (Wildman–Crippen MR) is 75.6 cm³/mol. The van der Waals surface area contributed by atoms with Crippen LogP contribution in [0.5, 0.6) is 6.01 Å². The summed E-state index contributed by atoms with van der Waals surface area (Å²) in [6.07, 6.45) is 2.05. The molecule has 6 nitrogen and oxygen atoms in total. The third-order valence-corrected chi connectivity index (χ3v) is 2.82. The van der Waals surface area contributed by atoms with Crippen molar-refractivity contribution in [1.29, 1.82) is 0 Å². The van der Waals surface area contributed by atoms with Crippen LogP contribution in [0.25, 0.3) is 0 Å². The highest BCUT2D eigenvalue weighted by Crippen LogP contribution is 2.21. The van der Waals surface area contributed by atoms with Gasteiger partial charge in [-0.05, 0) is 5.56 Å². The van der Waals surface area contributed by atoms with Crippen molar-refractivity contribution in [3.63, 3.8) is 0 Å². The lowest BCUT2D eigenvalue weighted by molar-refractivity contribution is -0.116. The first kappa shape index (κ1) is 13.8. The number of H-pyrrole nitrogens is 1. The summed E-state index contributed by atoms with van der Waals surface area (Å²) in [4.78, 5) is 15.9.